The molecule has 7 nitrogen and oxygen atoms in total. The minimum atomic E-state index is 0.135. The number of anilines is 1. The van der Waals surface area contributed by atoms with Gasteiger partial charge in [0.2, 0.25) is 11.9 Å². The van der Waals surface area contributed by atoms with E-state index in [1.807, 2.05) is 19.4 Å². The van der Waals surface area contributed by atoms with Gasteiger partial charge in [-0.3, -0.25) is 4.79 Å². The molecule has 0 bridgehead atoms. The summed E-state index contributed by atoms with van der Waals surface area (Å²) in [7, 11) is 1.98. The number of likely N-dealkylation sites (N-methyl/N-ethyl adjacent to an activating group) is 1. The second kappa shape index (κ2) is 12.1. The van der Waals surface area contributed by atoms with Crippen LogP contribution in [0, 0.1) is 11.8 Å². The van der Waals surface area contributed by atoms with E-state index in [9.17, 15) is 4.79 Å². The quantitative estimate of drug-likeness (QED) is 0.578. The molecule has 1 N–H and O–H groups in total. The maximum absolute atomic E-state index is 12.9. The molecule has 1 amide bonds. The lowest BCUT2D eigenvalue weighted by Crippen LogP contribution is -2.37. The van der Waals surface area contributed by atoms with Crippen LogP contribution in [0.3, 0.4) is 0 Å². The highest BCUT2D eigenvalue weighted by atomic mass is 16.5. The van der Waals surface area contributed by atoms with E-state index < -0.39 is 0 Å². The van der Waals surface area contributed by atoms with Gasteiger partial charge in [-0.2, -0.15) is 0 Å². The van der Waals surface area contributed by atoms with Gasteiger partial charge in [0.25, 0.3) is 0 Å². The third kappa shape index (κ3) is 6.32. The normalized spacial score (nSPS) is 22.7. The summed E-state index contributed by atoms with van der Waals surface area (Å²) in [6, 6.07) is 8.97. The fraction of sp³-hybridized carbons (Fsp3) is 0.567. The SMILES string of the molecule is CCc1cnc(N2CCC(COc3ccc(C4=CCC(C(=O)N5CCC(NC)C5)CC4)cc3)CC2)nc1. The van der Waals surface area contributed by atoms with E-state index in [1.54, 1.807) is 0 Å². The number of amides is 1. The van der Waals surface area contributed by atoms with Crippen molar-refractivity contribution >= 4 is 17.4 Å². The second-order valence-electron chi connectivity index (χ2n) is 10.8. The Labute approximate surface area is 221 Å². The minimum Gasteiger partial charge on any atom is -0.493 e. The van der Waals surface area contributed by atoms with Gasteiger partial charge in [-0.1, -0.05) is 25.1 Å². The molecule has 37 heavy (non-hydrogen) atoms. The molecule has 7 heteroatoms. The third-order valence-electron chi connectivity index (χ3n) is 8.38. The number of aryl methyl sites for hydroxylation is 1. The number of aromatic nitrogens is 2. The van der Waals surface area contributed by atoms with E-state index in [1.165, 1.54) is 16.7 Å². The van der Waals surface area contributed by atoms with Gasteiger partial charge in [0.1, 0.15) is 5.75 Å². The maximum Gasteiger partial charge on any atom is 0.226 e. The highest BCUT2D eigenvalue weighted by Crippen LogP contribution is 2.33. The van der Waals surface area contributed by atoms with E-state index in [0.717, 1.165) is 89.4 Å². The Hall–Kier alpha value is -2.93. The molecular weight excluding hydrogens is 462 g/mol. The number of ether oxygens (including phenoxy) is 1. The van der Waals surface area contributed by atoms with Gasteiger partial charge in [-0.15, -0.1) is 0 Å². The number of rotatable bonds is 8. The summed E-state index contributed by atoms with van der Waals surface area (Å²) in [5.74, 6) is 2.81. The van der Waals surface area contributed by atoms with Crippen LogP contribution < -0.4 is 15.0 Å². The molecule has 198 valence electrons. The molecule has 0 radical (unpaired) electrons. The minimum absolute atomic E-state index is 0.135. The second-order valence-corrected chi connectivity index (χ2v) is 10.8. The summed E-state index contributed by atoms with van der Waals surface area (Å²) < 4.78 is 6.16. The molecule has 5 rings (SSSR count). The van der Waals surface area contributed by atoms with Crippen molar-refractivity contribution < 1.29 is 9.53 Å². The van der Waals surface area contributed by atoms with Gasteiger partial charge >= 0.3 is 0 Å². The molecule has 0 spiro atoms. The van der Waals surface area contributed by atoms with Crippen molar-refractivity contribution in [3.63, 3.8) is 0 Å². The molecule has 0 saturated carbocycles. The van der Waals surface area contributed by atoms with Crippen LogP contribution in [0.2, 0.25) is 0 Å². The van der Waals surface area contributed by atoms with Crippen molar-refractivity contribution in [3.05, 3.63) is 53.9 Å². The molecule has 3 aliphatic rings. The third-order valence-corrected chi connectivity index (χ3v) is 8.38. The van der Waals surface area contributed by atoms with Crippen LogP contribution >= 0.6 is 0 Å². The molecule has 2 atom stereocenters. The monoisotopic (exact) mass is 503 g/mol. The number of nitrogens with one attached hydrogen (secondary N) is 1. The molecule has 1 aliphatic carbocycles. The Morgan fingerprint density at radius 1 is 1.05 bits per heavy atom. The van der Waals surface area contributed by atoms with E-state index >= 15 is 0 Å². The van der Waals surface area contributed by atoms with Gasteiger partial charge in [0.15, 0.2) is 0 Å². The van der Waals surface area contributed by atoms with E-state index in [2.05, 4.69) is 62.3 Å². The van der Waals surface area contributed by atoms with E-state index in [4.69, 9.17) is 4.74 Å². The molecule has 2 aliphatic heterocycles. The zero-order chi connectivity index (χ0) is 25.6. The molecule has 1 aromatic carbocycles. The fourth-order valence-corrected chi connectivity index (χ4v) is 5.75. The lowest BCUT2D eigenvalue weighted by atomic mass is 9.86. The zero-order valence-electron chi connectivity index (χ0n) is 22.4. The average molecular weight is 504 g/mol. The molecular formula is C30H41N5O2. The van der Waals surface area contributed by atoms with Gasteiger partial charge < -0.3 is 19.9 Å². The number of carbonyl (C=O) groups excluding carboxylic acids is 1. The number of nitrogens with zero attached hydrogens (tertiary/aromatic N) is 4. The van der Waals surface area contributed by atoms with Crippen LogP contribution in [0.5, 0.6) is 5.75 Å². The van der Waals surface area contributed by atoms with E-state index in [0.29, 0.717) is 17.9 Å². The summed E-state index contributed by atoms with van der Waals surface area (Å²) in [5.41, 5.74) is 3.78. The first-order valence-corrected chi connectivity index (χ1v) is 14.1. The Kier molecular flexibility index (Phi) is 8.39. The van der Waals surface area contributed by atoms with Gasteiger partial charge in [0.05, 0.1) is 6.61 Å². The van der Waals surface area contributed by atoms with Crippen molar-refractivity contribution in [2.45, 2.75) is 57.9 Å². The summed E-state index contributed by atoms with van der Waals surface area (Å²) in [6.45, 7) is 6.57. The van der Waals surface area contributed by atoms with Crippen molar-refractivity contribution in [3.8, 4) is 5.75 Å². The number of allylic oxidation sites excluding steroid dienone is 2. The highest BCUT2D eigenvalue weighted by molar-refractivity contribution is 5.81. The van der Waals surface area contributed by atoms with Crippen LogP contribution in [0.15, 0.2) is 42.7 Å². The first-order chi connectivity index (χ1) is 18.1. The molecule has 2 fully saturated rings. The summed E-state index contributed by atoms with van der Waals surface area (Å²) in [5, 5.41) is 3.30. The van der Waals surface area contributed by atoms with Crippen LogP contribution in [0.1, 0.15) is 56.6 Å². The first-order valence-electron chi connectivity index (χ1n) is 14.1. The largest absolute Gasteiger partial charge is 0.493 e. The molecule has 3 heterocycles. The standard InChI is InChI=1S/C30H41N5O2/c1-3-22-18-32-30(33-19-22)34-15-12-23(13-16-34)21-37-28-10-8-25(9-11-28)24-4-6-26(7-5-24)29(36)35-17-14-27(20-35)31-2/h4,8-11,18-19,23,26-27,31H,3,5-7,12-17,20-21H2,1-2H3. The Balaban J connectivity index is 1.06. The summed E-state index contributed by atoms with van der Waals surface area (Å²) in [6.07, 6.45) is 13.1. The fourth-order valence-electron chi connectivity index (χ4n) is 5.75. The Morgan fingerprint density at radius 2 is 1.81 bits per heavy atom. The number of hydrogen-bond acceptors (Lipinski definition) is 6. The predicted molar refractivity (Wildman–Crippen MR) is 148 cm³/mol. The number of likely N-dealkylation sites (tertiary alicyclic amines) is 1. The smallest absolute Gasteiger partial charge is 0.226 e. The zero-order valence-corrected chi connectivity index (χ0v) is 22.4. The van der Waals surface area contributed by atoms with Crippen molar-refractivity contribution in [1.29, 1.82) is 0 Å². The lowest BCUT2D eigenvalue weighted by molar-refractivity contribution is -0.134. The number of hydrogen-bond donors (Lipinski definition) is 1. The Bertz CT molecular complexity index is 1060. The van der Waals surface area contributed by atoms with Gasteiger partial charge in [-0.05, 0) is 86.7 Å². The van der Waals surface area contributed by atoms with Crippen LogP contribution in [-0.4, -0.2) is 66.7 Å². The van der Waals surface area contributed by atoms with Crippen molar-refractivity contribution in [2.24, 2.45) is 11.8 Å². The topological polar surface area (TPSA) is 70.6 Å². The molecule has 2 unspecified atom stereocenters. The number of benzene rings is 1. The van der Waals surface area contributed by atoms with Gasteiger partial charge in [0, 0.05) is 50.5 Å². The Morgan fingerprint density at radius 3 is 2.43 bits per heavy atom. The van der Waals surface area contributed by atoms with Crippen LogP contribution in [0.25, 0.3) is 5.57 Å². The average Bonchev–Trinajstić information content (AvgIpc) is 3.46. The predicted octanol–water partition coefficient (Wildman–Crippen LogP) is 4.34. The van der Waals surface area contributed by atoms with Crippen molar-refractivity contribution in [1.82, 2.24) is 20.2 Å². The maximum atomic E-state index is 12.9. The molecule has 2 aromatic rings. The molecule has 2 saturated heterocycles. The summed E-state index contributed by atoms with van der Waals surface area (Å²) in [4.78, 5) is 26.3. The summed E-state index contributed by atoms with van der Waals surface area (Å²) >= 11 is 0. The molecule has 1 aromatic heterocycles. The van der Waals surface area contributed by atoms with E-state index in [-0.39, 0.29) is 5.92 Å². The van der Waals surface area contributed by atoms with Crippen LogP contribution in [0.4, 0.5) is 5.95 Å². The first kappa shape index (κ1) is 25.7. The van der Waals surface area contributed by atoms with Gasteiger partial charge in [-0.25, -0.2) is 9.97 Å². The highest BCUT2D eigenvalue weighted by Gasteiger charge is 2.31. The van der Waals surface area contributed by atoms with Crippen LogP contribution in [-0.2, 0) is 11.2 Å². The van der Waals surface area contributed by atoms with Crippen molar-refractivity contribution in [2.75, 3.05) is 44.7 Å². The number of carbonyl (C=O) groups is 1. The lowest BCUT2D eigenvalue weighted by Gasteiger charge is -2.31. The number of piperidine rings is 1.